The van der Waals surface area contributed by atoms with E-state index in [-0.39, 0.29) is 0 Å². The monoisotopic (exact) mass is 212 g/mol. The van der Waals surface area contributed by atoms with Crippen molar-refractivity contribution in [2.75, 3.05) is 0 Å². The molecule has 0 heteroatoms. The molecule has 0 fully saturated rings. The van der Waals surface area contributed by atoms with E-state index in [2.05, 4.69) is 41.5 Å². The van der Waals surface area contributed by atoms with Gasteiger partial charge in [-0.1, -0.05) is 67.2 Å². The standard InChI is InChI=1S/C15H32/c1-7-11-15(6,10-4)12-14(9-3)13(5)8-2/h13-14H,7-12H2,1-6H3. The summed E-state index contributed by atoms with van der Waals surface area (Å²) in [7, 11) is 0. The highest BCUT2D eigenvalue weighted by atomic mass is 14.3. The van der Waals surface area contributed by atoms with Crippen LogP contribution in [0.15, 0.2) is 0 Å². The number of hydrogen-bond acceptors (Lipinski definition) is 0. The molecule has 0 N–H and O–H groups in total. The van der Waals surface area contributed by atoms with Gasteiger partial charge >= 0.3 is 0 Å². The van der Waals surface area contributed by atoms with Gasteiger partial charge in [-0.2, -0.15) is 0 Å². The van der Waals surface area contributed by atoms with E-state index in [4.69, 9.17) is 0 Å². The van der Waals surface area contributed by atoms with Gasteiger partial charge in [0, 0.05) is 0 Å². The summed E-state index contributed by atoms with van der Waals surface area (Å²) in [5.41, 5.74) is 0.596. The summed E-state index contributed by atoms with van der Waals surface area (Å²) in [4.78, 5) is 0. The smallest absolute Gasteiger partial charge is 0.0326 e. The average molecular weight is 212 g/mol. The van der Waals surface area contributed by atoms with Crippen molar-refractivity contribution in [3.8, 4) is 0 Å². The topological polar surface area (TPSA) is 0 Å². The highest BCUT2D eigenvalue weighted by molar-refractivity contribution is 4.78. The fourth-order valence-corrected chi connectivity index (χ4v) is 2.74. The molecule has 0 heterocycles. The summed E-state index contributed by atoms with van der Waals surface area (Å²) >= 11 is 0. The van der Waals surface area contributed by atoms with Gasteiger partial charge in [0.1, 0.15) is 0 Å². The van der Waals surface area contributed by atoms with Crippen molar-refractivity contribution in [1.29, 1.82) is 0 Å². The molecule has 0 aromatic heterocycles. The Hall–Kier alpha value is 0. The number of hydrogen-bond donors (Lipinski definition) is 0. The Morgan fingerprint density at radius 3 is 1.93 bits per heavy atom. The summed E-state index contributed by atoms with van der Waals surface area (Å²) < 4.78 is 0. The van der Waals surface area contributed by atoms with Gasteiger partial charge in [-0.3, -0.25) is 0 Å². The molecule has 0 aromatic carbocycles. The molecule has 0 aromatic rings. The van der Waals surface area contributed by atoms with E-state index in [9.17, 15) is 0 Å². The maximum atomic E-state index is 2.49. The normalized spacial score (nSPS) is 19.6. The van der Waals surface area contributed by atoms with Crippen molar-refractivity contribution in [2.45, 2.75) is 80.1 Å². The molecule has 0 amide bonds. The molecule has 0 aliphatic rings. The predicted molar refractivity (Wildman–Crippen MR) is 71.2 cm³/mol. The van der Waals surface area contributed by atoms with Gasteiger partial charge in [-0.25, -0.2) is 0 Å². The molecule has 0 rings (SSSR count). The summed E-state index contributed by atoms with van der Waals surface area (Å²) in [6, 6.07) is 0. The molecule has 0 aliphatic carbocycles. The molecular weight excluding hydrogens is 180 g/mol. The summed E-state index contributed by atoms with van der Waals surface area (Å²) in [5, 5.41) is 0. The Labute approximate surface area is 97.8 Å². The van der Waals surface area contributed by atoms with Gasteiger partial charge in [0.25, 0.3) is 0 Å². The van der Waals surface area contributed by atoms with Gasteiger partial charge in [-0.05, 0) is 30.1 Å². The van der Waals surface area contributed by atoms with Crippen LogP contribution in [0.25, 0.3) is 0 Å². The van der Waals surface area contributed by atoms with E-state index >= 15 is 0 Å². The van der Waals surface area contributed by atoms with Crippen LogP contribution < -0.4 is 0 Å². The quantitative estimate of drug-likeness (QED) is 0.486. The van der Waals surface area contributed by atoms with Crippen molar-refractivity contribution in [3.05, 3.63) is 0 Å². The lowest BCUT2D eigenvalue weighted by Crippen LogP contribution is -2.23. The molecule has 92 valence electrons. The lowest BCUT2D eigenvalue weighted by Gasteiger charge is -2.34. The van der Waals surface area contributed by atoms with Crippen LogP contribution in [0.2, 0.25) is 0 Å². The van der Waals surface area contributed by atoms with Crippen molar-refractivity contribution >= 4 is 0 Å². The Morgan fingerprint density at radius 1 is 1.00 bits per heavy atom. The maximum absolute atomic E-state index is 2.49. The zero-order chi connectivity index (χ0) is 11.9. The maximum Gasteiger partial charge on any atom is -0.0326 e. The van der Waals surface area contributed by atoms with Crippen LogP contribution in [-0.4, -0.2) is 0 Å². The van der Waals surface area contributed by atoms with E-state index in [1.165, 1.54) is 38.5 Å². The fraction of sp³-hybridized carbons (Fsp3) is 1.00. The Bertz CT molecular complexity index is 150. The third kappa shape index (κ3) is 5.04. The SMILES string of the molecule is CCCC(C)(CC)CC(CC)C(C)CC. The first-order valence-corrected chi connectivity index (χ1v) is 7.02. The van der Waals surface area contributed by atoms with Gasteiger partial charge in [0.2, 0.25) is 0 Å². The summed E-state index contributed by atoms with van der Waals surface area (Å²) in [6.45, 7) is 14.3. The van der Waals surface area contributed by atoms with Crippen LogP contribution in [0.3, 0.4) is 0 Å². The largest absolute Gasteiger partial charge is 0.0654 e. The molecule has 0 aliphatic heterocycles. The second-order valence-corrected chi connectivity index (χ2v) is 5.67. The van der Waals surface area contributed by atoms with E-state index in [0.29, 0.717) is 5.41 Å². The molecule has 0 saturated carbocycles. The van der Waals surface area contributed by atoms with Crippen molar-refractivity contribution in [2.24, 2.45) is 17.3 Å². The van der Waals surface area contributed by atoms with Crippen molar-refractivity contribution < 1.29 is 0 Å². The minimum atomic E-state index is 0.596. The van der Waals surface area contributed by atoms with Crippen LogP contribution >= 0.6 is 0 Å². The zero-order valence-corrected chi connectivity index (χ0v) is 11.9. The van der Waals surface area contributed by atoms with E-state index in [0.717, 1.165) is 11.8 Å². The minimum Gasteiger partial charge on any atom is -0.0654 e. The first-order chi connectivity index (χ1) is 7.02. The molecule has 0 spiro atoms. The third-order valence-corrected chi connectivity index (χ3v) is 4.44. The molecule has 0 radical (unpaired) electrons. The van der Waals surface area contributed by atoms with E-state index in [1.807, 2.05) is 0 Å². The second-order valence-electron chi connectivity index (χ2n) is 5.67. The first kappa shape index (κ1) is 15.0. The molecule has 0 saturated heterocycles. The minimum absolute atomic E-state index is 0.596. The van der Waals surface area contributed by atoms with Crippen LogP contribution in [-0.2, 0) is 0 Å². The van der Waals surface area contributed by atoms with E-state index in [1.54, 1.807) is 0 Å². The molecule has 0 bridgehead atoms. The zero-order valence-electron chi connectivity index (χ0n) is 11.9. The van der Waals surface area contributed by atoms with Gasteiger partial charge in [-0.15, -0.1) is 0 Å². The molecule has 3 unspecified atom stereocenters. The third-order valence-electron chi connectivity index (χ3n) is 4.44. The Morgan fingerprint density at radius 2 is 1.60 bits per heavy atom. The lowest BCUT2D eigenvalue weighted by atomic mass is 9.71. The molecular formula is C15H32. The van der Waals surface area contributed by atoms with Crippen LogP contribution in [0.1, 0.15) is 80.1 Å². The molecule has 0 nitrogen and oxygen atoms in total. The average Bonchev–Trinajstić information content (AvgIpc) is 2.25. The summed E-state index contributed by atoms with van der Waals surface area (Å²) in [6.07, 6.45) is 8.20. The van der Waals surface area contributed by atoms with Gasteiger partial charge < -0.3 is 0 Å². The molecule has 15 heavy (non-hydrogen) atoms. The van der Waals surface area contributed by atoms with Gasteiger partial charge in [0.05, 0.1) is 0 Å². The summed E-state index contributed by atoms with van der Waals surface area (Å²) in [5.74, 6) is 1.84. The van der Waals surface area contributed by atoms with Crippen LogP contribution in [0, 0.1) is 17.3 Å². The Balaban J connectivity index is 4.35. The van der Waals surface area contributed by atoms with Crippen LogP contribution in [0.4, 0.5) is 0 Å². The highest BCUT2D eigenvalue weighted by Crippen LogP contribution is 2.38. The first-order valence-electron chi connectivity index (χ1n) is 7.02. The van der Waals surface area contributed by atoms with Crippen LogP contribution in [0.5, 0.6) is 0 Å². The van der Waals surface area contributed by atoms with E-state index < -0.39 is 0 Å². The van der Waals surface area contributed by atoms with Crippen molar-refractivity contribution in [1.82, 2.24) is 0 Å². The lowest BCUT2D eigenvalue weighted by molar-refractivity contribution is 0.169. The second kappa shape index (κ2) is 7.30. The number of rotatable bonds is 8. The molecule has 3 atom stereocenters. The highest BCUT2D eigenvalue weighted by Gasteiger charge is 2.26. The predicted octanol–water partition coefficient (Wildman–Crippen LogP) is 5.67. The van der Waals surface area contributed by atoms with Crippen molar-refractivity contribution in [3.63, 3.8) is 0 Å². The Kier molecular flexibility index (Phi) is 7.30. The fourth-order valence-electron chi connectivity index (χ4n) is 2.74. The van der Waals surface area contributed by atoms with Gasteiger partial charge in [0.15, 0.2) is 0 Å².